The molecule has 0 radical (unpaired) electrons. The van der Waals surface area contributed by atoms with Crippen molar-refractivity contribution in [3.63, 3.8) is 0 Å². The molecule has 10 heteroatoms. The summed E-state index contributed by atoms with van der Waals surface area (Å²) < 4.78 is 64.4. The molecule has 0 aromatic carbocycles. The average molecular weight is 318 g/mol. The van der Waals surface area contributed by atoms with Crippen molar-refractivity contribution in [1.82, 2.24) is 9.03 Å². The third-order valence-electron chi connectivity index (χ3n) is 3.29. The normalized spacial score (nSPS) is 25.1. The third-order valence-corrected chi connectivity index (χ3v) is 4.97. The van der Waals surface area contributed by atoms with E-state index >= 15 is 0 Å². The summed E-state index contributed by atoms with van der Waals surface area (Å²) in [6, 6.07) is 0. The van der Waals surface area contributed by atoms with Gasteiger partial charge in [-0.2, -0.15) is 30.6 Å². The highest BCUT2D eigenvalue weighted by Crippen LogP contribution is 2.32. The van der Waals surface area contributed by atoms with Crippen LogP contribution in [0.4, 0.5) is 13.2 Å². The van der Waals surface area contributed by atoms with E-state index in [1.54, 1.807) is 6.92 Å². The maximum absolute atomic E-state index is 12.8. The number of carbonyl (C=O) groups is 1. The van der Waals surface area contributed by atoms with Crippen molar-refractivity contribution in [2.45, 2.75) is 38.4 Å². The molecule has 1 aliphatic rings. The highest BCUT2D eigenvalue weighted by atomic mass is 32.2. The second-order valence-electron chi connectivity index (χ2n) is 5.14. The molecule has 0 aliphatic carbocycles. The predicted molar refractivity (Wildman–Crippen MR) is 64.1 cm³/mol. The number of carboxylic acids is 1. The Morgan fingerprint density at radius 1 is 1.40 bits per heavy atom. The fraction of sp³-hybridized carbons (Fsp3) is 0.900. The lowest BCUT2D eigenvalue weighted by Gasteiger charge is -2.34. The monoisotopic (exact) mass is 318 g/mol. The van der Waals surface area contributed by atoms with Crippen molar-refractivity contribution in [3.8, 4) is 0 Å². The molecule has 0 aromatic heterocycles. The van der Waals surface area contributed by atoms with Crippen molar-refractivity contribution in [1.29, 1.82) is 0 Å². The van der Waals surface area contributed by atoms with E-state index in [0.717, 1.165) is 10.7 Å². The second-order valence-corrected chi connectivity index (χ2v) is 6.81. The van der Waals surface area contributed by atoms with Crippen molar-refractivity contribution < 1.29 is 31.5 Å². The Hall–Kier alpha value is -0.870. The lowest BCUT2D eigenvalue weighted by molar-refractivity contribution is -0.201. The average Bonchev–Trinajstić information content (AvgIpc) is 2.26. The zero-order valence-corrected chi connectivity index (χ0v) is 11.9. The van der Waals surface area contributed by atoms with E-state index in [-0.39, 0.29) is 19.0 Å². The van der Waals surface area contributed by atoms with Gasteiger partial charge in [0.1, 0.15) is 0 Å². The number of hydrogen-bond donors (Lipinski definition) is 2. The number of carboxylic acid groups (broad SMARTS) is 1. The first kappa shape index (κ1) is 17.2. The summed E-state index contributed by atoms with van der Waals surface area (Å²) >= 11 is 0. The number of alkyl halides is 3. The van der Waals surface area contributed by atoms with Crippen LogP contribution in [0, 0.1) is 5.92 Å². The SMILES string of the molecule is CC1CCCN(S(=O)(=O)NC(C)(C(=O)O)C(F)(F)F)C1. The van der Waals surface area contributed by atoms with Crippen LogP contribution in [-0.4, -0.2) is 48.6 Å². The highest BCUT2D eigenvalue weighted by Gasteiger charge is 2.60. The van der Waals surface area contributed by atoms with E-state index in [2.05, 4.69) is 0 Å². The topological polar surface area (TPSA) is 86.7 Å². The first-order valence-electron chi connectivity index (χ1n) is 5.99. The number of hydrogen-bond acceptors (Lipinski definition) is 3. The largest absolute Gasteiger partial charge is 0.480 e. The Bertz CT molecular complexity index is 479. The molecule has 1 aliphatic heterocycles. The molecule has 1 heterocycles. The summed E-state index contributed by atoms with van der Waals surface area (Å²) in [5.74, 6) is -2.28. The van der Waals surface area contributed by atoms with Crippen molar-refractivity contribution in [2.75, 3.05) is 13.1 Å². The lowest BCUT2D eigenvalue weighted by atomic mass is 10.0. The molecule has 0 amide bonds. The summed E-state index contributed by atoms with van der Waals surface area (Å²) in [7, 11) is -4.52. The highest BCUT2D eigenvalue weighted by molar-refractivity contribution is 7.87. The number of halogens is 3. The minimum absolute atomic E-state index is 0.0160. The quantitative estimate of drug-likeness (QED) is 0.808. The molecule has 6 nitrogen and oxygen atoms in total. The summed E-state index contributed by atoms with van der Waals surface area (Å²) in [5.41, 5.74) is -3.55. The van der Waals surface area contributed by atoms with Gasteiger partial charge < -0.3 is 5.11 Å². The molecule has 0 spiro atoms. The van der Waals surface area contributed by atoms with Gasteiger partial charge in [0.25, 0.3) is 10.2 Å². The van der Waals surface area contributed by atoms with Gasteiger partial charge in [0.15, 0.2) is 0 Å². The Balaban J connectivity index is 3.01. The summed E-state index contributed by atoms with van der Waals surface area (Å²) in [5, 5.41) is 8.72. The van der Waals surface area contributed by atoms with Crippen LogP contribution in [-0.2, 0) is 15.0 Å². The Kier molecular flexibility index (Phi) is 4.72. The summed E-state index contributed by atoms with van der Waals surface area (Å²) in [4.78, 5) is 10.8. The van der Waals surface area contributed by atoms with Gasteiger partial charge in [0.05, 0.1) is 0 Å². The molecule has 1 saturated heterocycles. The summed E-state index contributed by atoms with van der Waals surface area (Å²) in [6.07, 6.45) is -3.94. The van der Waals surface area contributed by atoms with Gasteiger partial charge in [0.2, 0.25) is 5.54 Å². The lowest BCUT2D eigenvalue weighted by Crippen LogP contribution is -2.64. The van der Waals surface area contributed by atoms with E-state index in [1.807, 2.05) is 0 Å². The number of nitrogens with zero attached hydrogens (tertiary/aromatic N) is 1. The second kappa shape index (κ2) is 5.49. The molecular formula is C10H17F3N2O4S. The van der Waals surface area contributed by atoms with Crippen LogP contribution in [0.2, 0.25) is 0 Å². The molecule has 0 saturated carbocycles. The molecule has 0 aromatic rings. The van der Waals surface area contributed by atoms with E-state index in [0.29, 0.717) is 13.3 Å². The smallest absolute Gasteiger partial charge is 0.418 e. The molecule has 2 atom stereocenters. The molecule has 1 fully saturated rings. The molecule has 2 N–H and O–H groups in total. The van der Waals surface area contributed by atoms with Crippen LogP contribution in [0.15, 0.2) is 0 Å². The Morgan fingerprint density at radius 2 is 1.95 bits per heavy atom. The van der Waals surface area contributed by atoms with Gasteiger partial charge >= 0.3 is 12.1 Å². The predicted octanol–water partition coefficient (Wildman–Crippen LogP) is 0.958. The molecule has 20 heavy (non-hydrogen) atoms. The number of rotatable bonds is 4. The minimum Gasteiger partial charge on any atom is -0.480 e. The van der Waals surface area contributed by atoms with Gasteiger partial charge in [-0.3, -0.25) is 0 Å². The van der Waals surface area contributed by atoms with Crippen LogP contribution in [0.1, 0.15) is 26.7 Å². The van der Waals surface area contributed by atoms with Crippen molar-refractivity contribution in [3.05, 3.63) is 0 Å². The standard InChI is InChI=1S/C10H17F3N2O4S/c1-7-4-3-5-15(6-7)20(18,19)14-9(2,8(16)17)10(11,12)13/h7,14H,3-6H2,1-2H3,(H,16,17). The zero-order valence-electron chi connectivity index (χ0n) is 11.1. The molecule has 118 valence electrons. The first-order valence-corrected chi connectivity index (χ1v) is 7.43. The fourth-order valence-corrected chi connectivity index (χ4v) is 3.58. The molecule has 2 unspecified atom stereocenters. The van der Waals surface area contributed by atoms with Crippen molar-refractivity contribution in [2.24, 2.45) is 5.92 Å². The number of nitrogens with one attached hydrogen (secondary N) is 1. The Labute approximate surface area is 115 Å². The summed E-state index contributed by atoms with van der Waals surface area (Å²) in [6.45, 7) is 2.22. The van der Waals surface area contributed by atoms with Gasteiger partial charge in [-0.25, -0.2) is 4.79 Å². The van der Waals surface area contributed by atoms with Crippen molar-refractivity contribution >= 4 is 16.2 Å². The molecular weight excluding hydrogens is 301 g/mol. The zero-order chi connectivity index (χ0) is 15.8. The number of piperidine rings is 1. The van der Waals surface area contributed by atoms with E-state index in [4.69, 9.17) is 5.11 Å². The first-order chi connectivity index (χ1) is 8.90. The van der Waals surface area contributed by atoms with Gasteiger partial charge in [-0.05, 0) is 25.7 Å². The minimum atomic E-state index is -5.24. The van der Waals surface area contributed by atoms with Crippen LogP contribution >= 0.6 is 0 Å². The van der Waals surface area contributed by atoms with Crippen LogP contribution in [0.5, 0.6) is 0 Å². The number of aliphatic carboxylic acids is 1. The van der Waals surface area contributed by atoms with Crippen LogP contribution in [0.3, 0.4) is 0 Å². The molecule has 1 rings (SSSR count). The Morgan fingerprint density at radius 3 is 2.35 bits per heavy atom. The maximum atomic E-state index is 12.8. The van der Waals surface area contributed by atoms with E-state index in [1.165, 1.54) is 4.72 Å². The van der Waals surface area contributed by atoms with Gasteiger partial charge in [0, 0.05) is 13.1 Å². The van der Waals surface area contributed by atoms with Crippen LogP contribution in [0.25, 0.3) is 0 Å². The molecule has 0 bridgehead atoms. The van der Waals surface area contributed by atoms with E-state index in [9.17, 15) is 26.4 Å². The third kappa shape index (κ3) is 3.41. The van der Waals surface area contributed by atoms with Crippen LogP contribution < -0.4 is 4.72 Å². The fourth-order valence-electron chi connectivity index (χ4n) is 1.91. The van der Waals surface area contributed by atoms with Gasteiger partial charge in [-0.1, -0.05) is 6.92 Å². The maximum Gasteiger partial charge on any atom is 0.418 e. The van der Waals surface area contributed by atoms with Gasteiger partial charge in [-0.15, -0.1) is 0 Å². The van der Waals surface area contributed by atoms with E-state index < -0.39 is 27.9 Å².